The highest BCUT2D eigenvalue weighted by Gasteiger charge is 2.38. The number of nitrogens with zero attached hydrogens (tertiary/aromatic N) is 1. The lowest BCUT2D eigenvalue weighted by molar-refractivity contribution is -0.133. The molecule has 4 nitrogen and oxygen atoms in total. The monoisotopic (exact) mass is 211 g/mol. The quantitative estimate of drug-likeness (QED) is 0.622. The number of fused-ring (bicyclic) bond motifs is 1. The Hall–Kier alpha value is -1.06. The van der Waals surface area contributed by atoms with Crippen LogP contribution in [-0.4, -0.2) is 24.9 Å². The fourth-order valence-electron chi connectivity index (χ4n) is 2.37. The Labute approximate surface area is 89.6 Å². The second-order valence-corrected chi connectivity index (χ2v) is 4.21. The van der Waals surface area contributed by atoms with Gasteiger partial charge in [0.05, 0.1) is 13.0 Å². The van der Waals surface area contributed by atoms with Crippen LogP contribution >= 0.6 is 0 Å². The molecule has 0 aromatic heterocycles. The average Bonchev–Trinajstić information content (AvgIpc) is 2.59. The molecule has 2 aliphatic rings. The molecule has 1 aliphatic carbocycles. The molecule has 0 aromatic carbocycles. The summed E-state index contributed by atoms with van der Waals surface area (Å²) in [7, 11) is 1.39. The number of oxime groups is 1. The van der Waals surface area contributed by atoms with E-state index < -0.39 is 0 Å². The fourth-order valence-corrected chi connectivity index (χ4v) is 2.37. The summed E-state index contributed by atoms with van der Waals surface area (Å²) in [4.78, 5) is 16.7. The topological polar surface area (TPSA) is 47.9 Å². The highest BCUT2D eigenvalue weighted by molar-refractivity contribution is 6.37. The van der Waals surface area contributed by atoms with Crippen LogP contribution in [0.5, 0.6) is 0 Å². The first-order chi connectivity index (χ1) is 7.33. The molecular formula is C11H17NO3. The number of methoxy groups -OCH3 is 1. The van der Waals surface area contributed by atoms with E-state index in [0.717, 1.165) is 19.3 Å². The molecule has 1 heterocycles. The predicted octanol–water partition coefficient (Wildman–Crippen LogP) is 1.88. The van der Waals surface area contributed by atoms with Gasteiger partial charge in [-0.05, 0) is 19.3 Å². The van der Waals surface area contributed by atoms with E-state index in [1.807, 2.05) is 0 Å². The van der Waals surface area contributed by atoms with Crippen LogP contribution in [0.3, 0.4) is 0 Å². The number of carbonyl (C=O) groups excluding carboxylic acids is 1. The molecule has 0 amide bonds. The van der Waals surface area contributed by atoms with Crippen LogP contribution in [0.15, 0.2) is 5.16 Å². The zero-order chi connectivity index (χ0) is 10.7. The molecule has 1 saturated carbocycles. The summed E-state index contributed by atoms with van der Waals surface area (Å²) in [5.74, 6) is -0.166. The summed E-state index contributed by atoms with van der Waals surface area (Å²) in [6, 6.07) is 0. The number of hydrogen-bond donors (Lipinski definition) is 0. The zero-order valence-electron chi connectivity index (χ0n) is 9.07. The number of hydrogen-bond acceptors (Lipinski definition) is 4. The first-order valence-electron chi connectivity index (χ1n) is 5.65. The number of ether oxygens (including phenoxy) is 1. The lowest BCUT2D eigenvalue weighted by atomic mass is 9.86. The Morgan fingerprint density at radius 3 is 2.80 bits per heavy atom. The van der Waals surface area contributed by atoms with Crippen molar-refractivity contribution in [2.45, 2.75) is 44.6 Å². The zero-order valence-corrected chi connectivity index (χ0v) is 9.07. The minimum absolute atomic E-state index is 0.111. The van der Waals surface area contributed by atoms with Crippen molar-refractivity contribution in [3.05, 3.63) is 0 Å². The lowest BCUT2D eigenvalue weighted by Crippen LogP contribution is -2.30. The molecule has 2 rings (SSSR count). The van der Waals surface area contributed by atoms with Crippen LogP contribution in [0.2, 0.25) is 0 Å². The summed E-state index contributed by atoms with van der Waals surface area (Å²) in [6.45, 7) is 0. The maximum Gasteiger partial charge on any atom is 0.356 e. The molecule has 15 heavy (non-hydrogen) atoms. The number of rotatable bonds is 1. The molecule has 0 aromatic rings. The standard InChI is InChI=1S/C11H17NO3/c1-14-11(13)10-8-6-4-2-3-5-7-9(8)15-12-10/h8-9H,2-7H2,1H3/t8-,9+/m0/s1. The maximum absolute atomic E-state index is 11.4. The molecule has 0 N–H and O–H groups in total. The van der Waals surface area contributed by atoms with Gasteiger partial charge in [0.2, 0.25) is 0 Å². The Morgan fingerprint density at radius 1 is 1.33 bits per heavy atom. The van der Waals surface area contributed by atoms with Gasteiger partial charge < -0.3 is 9.57 Å². The van der Waals surface area contributed by atoms with Gasteiger partial charge in [-0.2, -0.15) is 0 Å². The van der Waals surface area contributed by atoms with Gasteiger partial charge in [-0.15, -0.1) is 0 Å². The van der Waals surface area contributed by atoms with Crippen molar-refractivity contribution in [1.82, 2.24) is 0 Å². The Morgan fingerprint density at radius 2 is 2.07 bits per heavy atom. The molecule has 0 spiro atoms. The van der Waals surface area contributed by atoms with Gasteiger partial charge in [0, 0.05) is 0 Å². The largest absolute Gasteiger partial charge is 0.464 e. The molecule has 0 bridgehead atoms. The van der Waals surface area contributed by atoms with Crippen LogP contribution in [-0.2, 0) is 14.4 Å². The van der Waals surface area contributed by atoms with Crippen molar-refractivity contribution >= 4 is 11.7 Å². The van der Waals surface area contributed by atoms with Crippen molar-refractivity contribution < 1.29 is 14.4 Å². The van der Waals surface area contributed by atoms with Crippen LogP contribution in [0.4, 0.5) is 0 Å². The molecule has 0 saturated heterocycles. The smallest absolute Gasteiger partial charge is 0.356 e. The van der Waals surface area contributed by atoms with Crippen molar-refractivity contribution in [3.63, 3.8) is 0 Å². The SMILES string of the molecule is COC(=O)C1=NO[C@@H]2CCCCCC[C@H]12. The van der Waals surface area contributed by atoms with Crippen LogP contribution < -0.4 is 0 Å². The van der Waals surface area contributed by atoms with Gasteiger partial charge in [-0.3, -0.25) is 0 Å². The summed E-state index contributed by atoms with van der Waals surface area (Å²) in [6.07, 6.45) is 6.95. The fraction of sp³-hybridized carbons (Fsp3) is 0.818. The molecule has 1 aliphatic heterocycles. The van der Waals surface area contributed by atoms with E-state index in [1.54, 1.807) is 0 Å². The van der Waals surface area contributed by atoms with E-state index in [2.05, 4.69) is 5.16 Å². The van der Waals surface area contributed by atoms with Gasteiger partial charge >= 0.3 is 5.97 Å². The third-order valence-corrected chi connectivity index (χ3v) is 3.23. The van der Waals surface area contributed by atoms with Gasteiger partial charge in [0.1, 0.15) is 6.10 Å². The first-order valence-corrected chi connectivity index (χ1v) is 5.65. The van der Waals surface area contributed by atoms with Crippen LogP contribution in [0, 0.1) is 5.92 Å². The summed E-state index contributed by atoms with van der Waals surface area (Å²) >= 11 is 0. The molecule has 0 radical (unpaired) electrons. The number of esters is 1. The summed E-state index contributed by atoms with van der Waals surface area (Å²) in [5, 5.41) is 3.88. The first kappa shape index (κ1) is 10.5. The second kappa shape index (κ2) is 4.64. The van der Waals surface area contributed by atoms with Crippen molar-refractivity contribution in [1.29, 1.82) is 0 Å². The molecule has 84 valence electrons. The summed E-state index contributed by atoms with van der Waals surface area (Å²) < 4.78 is 4.71. The van der Waals surface area contributed by atoms with E-state index in [4.69, 9.17) is 9.57 Å². The third-order valence-electron chi connectivity index (χ3n) is 3.23. The highest BCUT2D eigenvalue weighted by atomic mass is 16.6. The Kier molecular flexibility index (Phi) is 3.23. The van der Waals surface area contributed by atoms with Crippen molar-refractivity contribution in [2.24, 2.45) is 11.1 Å². The van der Waals surface area contributed by atoms with Crippen molar-refractivity contribution in [2.75, 3.05) is 7.11 Å². The van der Waals surface area contributed by atoms with E-state index >= 15 is 0 Å². The Balaban J connectivity index is 2.05. The molecule has 4 heteroatoms. The van der Waals surface area contributed by atoms with E-state index in [1.165, 1.54) is 26.4 Å². The maximum atomic E-state index is 11.4. The molecule has 1 fully saturated rings. The van der Waals surface area contributed by atoms with Gasteiger partial charge in [0.15, 0.2) is 5.71 Å². The summed E-state index contributed by atoms with van der Waals surface area (Å²) in [5.41, 5.74) is 0.490. The molecule has 0 unspecified atom stereocenters. The molecular weight excluding hydrogens is 194 g/mol. The predicted molar refractivity (Wildman–Crippen MR) is 55.5 cm³/mol. The van der Waals surface area contributed by atoms with Gasteiger partial charge in [-0.1, -0.05) is 24.4 Å². The van der Waals surface area contributed by atoms with Crippen LogP contribution in [0.25, 0.3) is 0 Å². The highest BCUT2D eigenvalue weighted by Crippen LogP contribution is 2.30. The third kappa shape index (κ3) is 2.13. The lowest BCUT2D eigenvalue weighted by Gasteiger charge is -2.20. The van der Waals surface area contributed by atoms with Gasteiger partial charge in [-0.25, -0.2) is 4.79 Å². The normalized spacial score (nSPS) is 30.6. The van der Waals surface area contributed by atoms with E-state index in [9.17, 15) is 4.79 Å². The van der Waals surface area contributed by atoms with Gasteiger partial charge in [0.25, 0.3) is 0 Å². The second-order valence-electron chi connectivity index (χ2n) is 4.21. The van der Waals surface area contributed by atoms with Crippen LogP contribution in [0.1, 0.15) is 38.5 Å². The Bertz CT molecular complexity index is 275. The number of carbonyl (C=O) groups is 1. The van der Waals surface area contributed by atoms with E-state index in [0.29, 0.717) is 5.71 Å². The average molecular weight is 211 g/mol. The van der Waals surface area contributed by atoms with E-state index in [-0.39, 0.29) is 18.0 Å². The van der Waals surface area contributed by atoms with Crippen molar-refractivity contribution in [3.8, 4) is 0 Å². The minimum atomic E-state index is -0.330. The molecule has 2 atom stereocenters. The minimum Gasteiger partial charge on any atom is -0.464 e.